The summed E-state index contributed by atoms with van der Waals surface area (Å²) >= 11 is 5.85. The topological polar surface area (TPSA) is 52.0 Å². The van der Waals surface area contributed by atoms with E-state index in [1.54, 1.807) is 6.07 Å². The molecule has 3 nitrogen and oxygen atoms in total. The molecule has 0 unspecified atom stereocenters. The SMILES string of the molecule is Nc1ccc2noc(-c3ccc(Cl)cc3)c2c1. The Hall–Kier alpha value is -2.00. The van der Waals surface area contributed by atoms with Crippen molar-refractivity contribution in [3.8, 4) is 11.3 Å². The van der Waals surface area contributed by atoms with Gasteiger partial charge < -0.3 is 10.3 Å². The molecule has 0 amide bonds. The summed E-state index contributed by atoms with van der Waals surface area (Å²) in [7, 11) is 0. The Bertz CT molecular complexity index is 673. The molecule has 0 bridgehead atoms. The van der Waals surface area contributed by atoms with Crippen molar-refractivity contribution in [3.05, 3.63) is 47.5 Å². The van der Waals surface area contributed by atoms with Crippen LogP contribution in [0.3, 0.4) is 0 Å². The Labute approximate surface area is 103 Å². The standard InChI is InChI=1S/C13H9ClN2O/c14-9-3-1-8(2-4-9)13-11-7-10(15)5-6-12(11)16-17-13/h1-7H,15H2. The summed E-state index contributed by atoms with van der Waals surface area (Å²) in [5, 5.41) is 5.60. The second-order valence-electron chi connectivity index (χ2n) is 3.80. The molecule has 0 aliphatic rings. The van der Waals surface area contributed by atoms with E-state index in [1.807, 2.05) is 36.4 Å². The number of anilines is 1. The molecule has 0 saturated carbocycles. The van der Waals surface area contributed by atoms with Crippen LogP contribution in [0.1, 0.15) is 0 Å². The summed E-state index contributed by atoms with van der Waals surface area (Å²) in [6, 6.07) is 12.9. The highest BCUT2D eigenvalue weighted by molar-refractivity contribution is 6.30. The molecule has 3 aromatic rings. The number of hydrogen-bond acceptors (Lipinski definition) is 3. The third-order valence-electron chi connectivity index (χ3n) is 2.61. The Kier molecular flexibility index (Phi) is 2.27. The first-order valence-corrected chi connectivity index (χ1v) is 5.53. The average Bonchev–Trinajstić information content (AvgIpc) is 2.73. The number of nitrogens with two attached hydrogens (primary N) is 1. The molecule has 2 aromatic carbocycles. The summed E-state index contributed by atoms with van der Waals surface area (Å²) < 4.78 is 5.35. The molecule has 0 fully saturated rings. The Balaban J connectivity index is 2.23. The van der Waals surface area contributed by atoms with Crippen LogP contribution in [0.5, 0.6) is 0 Å². The fourth-order valence-corrected chi connectivity index (χ4v) is 1.89. The number of halogens is 1. The van der Waals surface area contributed by atoms with Crippen LogP contribution < -0.4 is 5.73 Å². The number of aromatic nitrogens is 1. The van der Waals surface area contributed by atoms with E-state index >= 15 is 0 Å². The van der Waals surface area contributed by atoms with Gasteiger partial charge in [-0.15, -0.1) is 0 Å². The van der Waals surface area contributed by atoms with Crippen LogP contribution in [0.15, 0.2) is 47.0 Å². The van der Waals surface area contributed by atoms with Gasteiger partial charge in [-0.2, -0.15) is 0 Å². The number of benzene rings is 2. The molecule has 0 radical (unpaired) electrons. The first kappa shape index (κ1) is 10.2. The fourth-order valence-electron chi connectivity index (χ4n) is 1.77. The van der Waals surface area contributed by atoms with E-state index in [0.29, 0.717) is 16.5 Å². The lowest BCUT2D eigenvalue weighted by molar-refractivity contribution is 0.441. The highest BCUT2D eigenvalue weighted by Gasteiger charge is 2.10. The maximum absolute atomic E-state index is 5.85. The Morgan fingerprint density at radius 3 is 2.59 bits per heavy atom. The zero-order chi connectivity index (χ0) is 11.8. The maximum Gasteiger partial charge on any atom is 0.174 e. The van der Waals surface area contributed by atoms with E-state index in [1.165, 1.54) is 0 Å². The van der Waals surface area contributed by atoms with Gasteiger partial charge in [-0.05, 0) is 42.5 Å². The van der Waals surface area contributed by atoms with Crippen molar-refractivity contribution >= 4 is 28.2 Å². The van der Waals surface area contributed by atoms with Gasteiger partial charge in [0.2, 0.25) is 0 Å². The number of rotatable bonds is 1. The van der Waals surface area contributed by atoms with Crippen molar-refractivity contribution in [2.45, 2.75) is 0 Å². The molecule has 0 atom stereocenters. The van der Waals surface area contributed by atoms with E-state index in [0.717, 1.165) is 16.5 Å². The largest absolute Gasteiger partial charge is 0.399 e. The lowest BCUT2D eigenvalue weighted by atomic mass is 10.1. The minimum absolute atomic E-state index is 0.691. The van der Waals surface area contributed by atoms with Crippen molar-refractivity contribution < 1.29 is 4.52 Å². The first-order valence-electron chi connectivity index (χ1n) is 5.15. The highest BCUT2D eigenvalue weighted by atomic mass is 35.5. The average molecular weight is 245 g/mol. The smallest absolute Gasteiger partial charge is 0.174 e. The molecule has 1 aromatic heterocycles. The zero-order valence-corrected chi connectivity index (χ0v) is 9.61. The van der Waals surface area contributed by atoms with Gasteiger partial charge in [-0.25, -0.2) is 0 Å². The maximum atomic E-state index is 5.85. The van der Waals surface area contributed by atoms with Crippen molar-refractivity contribution in [1.82, 2.24) is 5.16 Å². The normalized spacial score (nSPS) is 10.9. The predicted octanol–water partition coefficient (Wildman–Crippen LogP) is 3.73. The molecule has 17 heavy (non-hydrogen) atoms. The minimum atomic E-state index is 0.691. The predicted molar refractivity (Wildman–Crippen MR) is 68.9 cm³/mol. The number of hydrogen-bond donors (Lipinski definition) is 1. The fraction of sp³-hybridized carbons (Fsp3) is 0. The third kappa shape index (κ3) is 1.74. The van der Waals surface area contributed by atoms with E-state index in [2.05, 4.69) is 5.16 Å². The van der Waals surface area contributed by atoms with Gasteiger partial charge in [0.1, 0.15) is 5.52 Å². The molecule has 0 aliphatic carbocycles. The van der Waals surface area contributed by atoms with Gasteiger partial charge >= 0.3 is 0 Å². The summed E-state index contributed by atoms with van der Waals surface area (Å²) in [5.74, 6) is 0.712. The summed E-state index contributed by atoms with van der Waals surface area (Å²) in [4.78, 5) is 0. The van der Waals surface area contributed by atoms with E-state index in [4.69, 9.17) is 21.9 Å². The number of nitrogen functional groups attached to an aromatic ring is 1. The molecule has 0 aliphatic heterocycles. The molecule has 3 rings (SSSR count). The van der Waals surface area contributed by atoms with Crippen LogP contribution in [-0.4, -0.2) is 5.16 Å². The van der Waals surface area contributed by atoms with Crippen molar-refractivity contribution in [2.24, 2.45) is 0 Å². The van der Waals surface area contributed by atoms with Crippen LogP contribution in [0.2, 0.25) is 5.02 Å². The molecule has 2 N–H and O–H groups in total. The van der Waals surface area contributed by atoms with Crippen molar-refractivity contribution in [1.29, 1.82) is 0 Å². The number of nitrogens with zero attached hydrogens (tertiary/aromatic N) is 1. The van der Waals surface area contributed by atoms with Crippen LogP contribution in [0.25, 0.3) is 22.2 Å². The van der Waals surface area contributed by atoms with Crippen molar-refractivity contribution in [2.75, 3.05) is 5.73 Å². The van der Waals surface area contributed by atoms with Gasteiger partial charge in [-0.1, -0.05) is 16.8 Å². The first-order chi connectivity index (χ1) is 8.24. The van der Waals surface area contributed by atoms with Crippen LogP contribution in [0, 0.1) is 0 Å². The summed E-state index contributed by atoms with van der Waals surface area (Å²) in [6.07, 6.45) is 0. The minimum Gasteiger partial charge on any atom is -0.399 e. The van der Waals surface area contributed by atoms with Gasteiger partial charge in [0, 0.05) is 16.3 Å². The Morgan fingerprint density at radius 2 is 1.82 bits per heavy atom. The molecule has 0 saturated heterocycles. The Morgan fingerprint density at radius 1 is 1.06 bits per heavy atom. The zero-order valence-electron chi connectivity index (χ0n) is 8.85. The highest BCUT2D eigenvalue weighted by Crippen LogP contribution is 2.30. The van der Waals surface area contributed by atoms with E-state index < -0.39 is 0 Å². The monoisotopic (exact) mass is 244 g/mol. The molecular weight excluding hydrogens is 236 g/mol. The summed E-state index contributed by atoms with van der Waals surface area (Å²) in [5.41, 5.74) is 8.18. The van der Waals surface area contributed by atoms with Crippen LogP contribution >= 0.6 is 11.6 Å². The second kappa shape index (κ2) is 3.79. The quantitative estimate of drug-likeness (QED) is 0.664. The van der Waals surface area contributed by atoms with Gasteiger partial charge in [0.25, 0.3) is 0 Å². The van der Waals surface area contributed by atoms with E-state index in [9.17, 15) is 0 Å². The molecule has 1 heterocycles. The third-order valence-corrected chi connectivity index (χ3v) is 2.86. The van der Waals surface area contributed by atoms with E-state index in [-0.39, 0.29) is 0 Å². The molecule has 0 spiro atoms. The van der Waals surface area contributed by atoms with Gasteiger partial charge in [0.05, 0.1) is 5.39 Å². The molecule has 84 valence electrons. The second-order valence-corrected chi connectivity index (χ2v) is 4.23. The summed E-state index contributed by atoms with van der Waals surface area (Å²) in [6.45, 7) is 0. The lowest BCUT2D eigenvalue weighted by Crippen LogP contribution is -1.83. The van der Waals surface area contributed by atoms with Crippen molar-refractivity contribution in [3.63, 3.8) is 0 Å². The molecular formula is C13H9ClN2O. The van der Waals surface area contributed by atoms with Crippen LogP contribution in [-0.2, 0) is 0 Å². The van der Waals surface area contributed by atoms with Crippen LogP contribution in [0.4, 0.5) is 5.69 Å². The number of fused-ring (bicyclic) bond motifs is 1. The van der Waals surface area contributed by atoms with Gasteiger partial charge in [-0.3, -0.25) is 0 Å². The van der Waals surface area contributed by atoms with Gasteiger partial charge in [0.15, 0.2) is 5.76 Å². The molecule has 4 heteroatoms. The lowest BCUT2D eigenvalue weighted by Gasteiger charge is -1.97.